The van der Waals surface area contributed by atoms with Gasteiger partial charge in [0.05, 0.1) is 13.2 Å². The zero-order valence-corrected chi connectivity index (χ0v) is 25.2. The SMILES string of the molecule is CC(C)c1ccccc1.CCCCCCCCCCCCOOCCCCCCCCCCCC.OO. The standard InChI is InChI=1S/C24H50O2.C9H12.H2O2/c1-3-5-7-9-11-13-15-17-19-21-23-25-26-24-22-20-18-16-14-12-10-8-6-4-2;1-8(2)9-6-4-3-5-7-9;1-2/h3-24H2,1-2H3;3-8H,1-2H3;1-2H. The Bertz CT molecular complexity index is 468. The van der Waals surface area contributed by atoms with E-state index in [4.69, 9.17) is 20.3 Å². The molecule has 0 unspecified atom stereocenters. The molecule has 0 aromatic heterocycles. The number of unbranched alkanes of at least 4 members (excludes halogenated alkanes) is 18. The van der Waals surface area contributed by atoms with Gasteiger partial charge in [-0.3, -0.25) is 10.5 Å². The Balaban J connectivity index is 0. The lowest BCUT2D eigenvalue weighted by Gasteiger charge is -2.05. The van der Waals surface area contributed by atoms with Gasteiger partial charge >= 0.3 is 0 Å². The maximum Gasteiger partial charge on any atom is 0.0822 e. The fraction of sp³-hybridized carbons (Fsp3) is 0.818. The summed E-state index contributed by atoms with van der Waals surface area (Å²) in [5.74, 6) is 0.659. The summed E-state index contributed by atoms with van der Waals surface area (Å²) in [7, 11) is 0. The third-order valence-corrected chi connectivity index (χ3v) is 6.71. The molecular formula is C33H64O4. The van der Waals surface area contributed by atoms with Crippen LogP contribution in [0.25, 0.3) is 0 Å². The van der Waals surface area contributed by atoms with Crippen LogP contribution in [0.4, 0.5) is 0 Å². The normalized spacial score (nSPS) is 10.6. The van der Waals surface area contributed by atoms with Crippen molar-refractivity contribution in [1.29, 1.82) is 0 Å². The predicted octanol–water partition coefficient (Wildman–Crippen LogP) is 11.6. The molecule has 0 fully saturated rings. The Kier molecular flexibility index (Phi) is 36.2. The van der Waals surface area contributed by atoms with E-state index in [1.807, 2.05) is 6.07 Å². The Morgan fingerprint density at radius 3 is 1.05 bits per heavy atom. The molecule has 0 amide bonds. The lowest BCUT2D eigenvalue weighted by molar-refractivity contribution is -0.295. The van der Waals surface area contributed by atoms with E-state index in [2.05, 4.69) is 52.0 Å². The maximum atomic E-state index is 6.00. The molecule has 0 bridgehead atoms. The van der Waals surface area contributed by atoms with Crippen LogP contribution in [0.2, 0.25) is 0 Å². The van der Waals surface area contributed by atoms with Crippen LogP contribution in [-0.4, -0.2) is 23.7 Å². The molecule has 2 N–H and O–H groups in total. The van der Waals surface area contributed by atoms with Crippen molar-refractivity contribution in [3.05, 3.63) is 35.9 Å². The third-order valence-electron chi connectivity index (χ3n) is 6.71. The molecule has 0 heterocycles. The van der Waals surface area contributed by atoms with Crippen molar-refractivity contribution in [3.63, 3.8) is 0 Å². The van der Waals surface area contributed by atoms with Gasteiger partial charge in [-0.25, -0.2) is 9.78 Å². The molecule has 0 atom stereocenters. The highest BCUT2D eigenvalue weighted by molar-refractivity contribution is 5.17. The smallest absolute Gasteiger partial charge is 0.0822 e. The van der Waals surface area contributed by atoms with Gasteiger partial charge in [0.2, 0.25) is 0 Å². The molecule has 220 valence electrons. The number of hydrogen-bond acceptors (Lipinski definition) is 4. The van der Waals surface area contributed by atoms with Crippen LogP contribution >= 0.6 is 0 Å². The summed E-state index contributed by atoms with van der Waals surface area (Å²) in [5.41, 5.74) is 1.41. The molecule has 0 aliphatic heterocycles. The minimum atomic E-state index is 0.659. The summed E-state index contributed by atoms with van der Waals surface area (Å²) in [6, 6.07) is 10.5. The molecule has 0 radical (unpaired) electrons. The fourth-order valence-corrected chi connectivity index (χ4v) is 4.25. The molecule has 4 heteroatoms. The summed E-state index contributed by atoms with van der Waals surface area (Å²) in [6.45, 7) is 10.5. The Labute approximate surface area is 231 Å². The van der Waals surface area contributed by atoms with Crippen LogP contribution in [0.5, 0.6) is 0 Å². The van der Waals surface area contributed by atoms with E-state index >= 15 is 0 Å². The lowest BCUT2D eigenvalue weighted by atomic mass is 10.0. The van der Waals surface area contributed by atoms with Crippen molar-refractivity contribution >= 4 is 0 Å². The van der Waals surface area contributed by atoms with Gasteiger partial charge < -0.3 is 0 Å². The molecule has 37 heavy (non-hydrogen) atoms. The van der Waals surface area contributed by atoms with Gasteiger partial charge in [-0.2, -0.15) is 0 Å². The van der Waals surface area contributed by atoms with Crippen molar-refractivity contribution in [2.45, 2.75) is 162 Å². The molecule has 4 nitrogen and oxygen atoms in total. The summed E-state index contributed by atoms with van der Waals surface area (Å²) < 4.78 is 0. The zero-order valence-electron chi connectivity index (χ0n) is 25.2. The average molecular weight is 525 g/mol. The van der Waals surface area contributed by atoms with Gasteiger partial charge in [-0.1, -0.05) is 174 Å². The molecule has 0 aliphatic rings. The van der Waals surface area contributed by atoms with Crippen molar-refractivity contribution in [3.8, 4) is 0 Å². The Morgan fingerprint density at radius 2 is 0.784 bits per heavy atom. The quantitative estimate of drug-likeness (QED) is 0.0802. The highest BCUT2D eigenvalue weighted by atomic mass is 17.2. The highest BCUT2D eigenvalue weighted by Gasteiger charge is 1.96. The predicted molar refractivity (Wildman–Crippen MR) is 161 cm³/mol. The monoisotopic (exact) mass is 524 g/mol. The second-order valence-electron chi connectivity index (χ2n) is 10.6. The lowest BCUT2D eigenvalue weighted by Crippen LogP contribution is -1.99. The first-order chi connectivity index (χ1) is 18.2. The van der Waals surface area contributed by atoms with Gasteiger partial charge in [0.1, 0.15) is 0 Å². The van der Waals surface area contributed by atoms with E-state index in [-0.39, 0.29) is 0 Å². The first-order valence-electron chi connectivity index (χ1n) is 15.7. The van der Waals surface area contributed by atoms with E-state index in [1.165, 1.54) is 121 Å². The van der Waals surface area contributed by atoms with Gasteiger partial charge in [0, 0.05) is 0 Å². The summed E-state index contributed by atoms with van der Waals surface area (Å²) in [5, 5.41) is 12.0. The van der Waals surface area contributed by atoms with Crippen molar-refractivity contribution in [1.82, 2.24) is 0 Å². The van der Waals surface area contributed by atoms with E-state index in [1.54, 1.807) is 0 Å². The topological polar surface area (TPSA) is 58.9 Å². The second kappa shape index (κ2) is 35.1. The van der Waals surface area contributed by atoms with Crippen molar-refractivity contribution in [2.75, 3.05) is 13.2 Å². The highest BCUT2D eigenvalue weighted by Crippen LogP contribution is 2.13. The molecule has 0 aliphatic carbocycles. The Morgan fingerprint density at radius 1 is 0.486 bits per heavy atom. The minimum Gasteiger partial charge on any atom is -0.255 e. The molecule has 1 aromatic carbocycles. The van der Waals surface area contributed by atoms with Crippen LogP contribution in [0, 0.1) is 0 Å². The molecular weight excluding hydrogens is 460 g/mol. The van der Waals surface area contributed by atoms with Gasteiger partial charge in [-0.15, -0.1) is 0 Å². The number of hydrogen-bond donors (Lipinski definition) is 2. The summed E-state index contributed by atoms with van der Waals surface area (Å²) >= 11 is 0. The summed E-state index contributed by atoms with van der Waals surface area (Å²) in [6.07, 6.45) is 27.3. The zero-order chi connectivity index (χ0) is 27.7. The average Bonchev–Trinajstić information content (AvgIpc) is 2.93. The molecule has 1 rings (SSSR count). The first kappa shape index (κ1) is 38.2. The van der Waals surface area contributed by atoms with Crippen LogP contribution in [0.15, 0.2) is 30.3 Å². The summed E-state index contributed by atoms with van der Waals surface area (Å²) in [4.78, 5) is 10.6. The molecule has 0 saturated carbocycles. The van der Waals surface area contributed by atoms with Gasteiger partial charge in [0.25, 0.3) is 0 Å². The third kappa shape index (κ3) is 33.0. The van der Waals surface area contributed by atoms with Crippen LogP contribution in [0.3, 0.4) is 0 Å². The van der Waals surface area contributed by atoms with E-state index < -0.39 is 0 Å². The molecule has 0 saturated heterocycles. The number of benzene rings is 1. The maximum absolute atomic E-state index is 6.00. The Hall–Kier alpha value is -0.940. The van der Waals surface area contributed by atoms with E-state index in [0.717, 1.165) is 26.1 Å². The first-order valence-corrected chi connectivity index (χ1v) is 15.7. The minimum absolute atomic E-state index is 0.659. The van der Waals surface area contributed by atoms with Crippen LogP contribution < -0.4 is 0 Å². The molecule has 0 spiro atoms. The van der Waals surface area contributed by atoms with Crippen LogP contribution in [-0.2, 0) is 9.78 Å². The van der Waals surface area contributed by atoms with Crippen LogP contribution in [0.1, 0.15) is 168 Å². The van der Waals surface area contributed by atoms with E-state index in [0.29, 0.717) is 5.92 Å². The van der Waals surface area contributed by atoms with Crippen molar-refractivity contribution in [2.24, 2.45) is 0 Å². The van der Waals surface area contributed by atoms with E-state index in [9.17, 15) is 0 Å². The fourth-order valence-electron chi connectivity index (χ4n) is 4.25. The largest absolute Gasteiger partial charge is 0.255 e. The second-order valence-corrected chi connectivity index (χ2v) is 10.6. The van der Waals surface area contributed by atoms with Gasteiger partial charge in [-0.05, 0) is 24.3 Å². The number of rotatable bonds is 24. The van der Waals surface area contributed by atoms with Crippen molar-refractivity contribution < 1.29 is 20.3 Å². The van der Waals surface area contributed by atoms with Gasteiger partial charge in [0.15, 0.2) is 0 Å². The molecule has 1 aromatic rings.